The van der Waals surface area contributed by atoms with Crippen molar-refractivity contribution in [1.29, 1.82) is 10.5 Å². The second-order valence-corrected chi connectivity index (χ2v) is 5.73. The molecule has 4 nitrogen and oxygen atoms in total. The van der Waals surface area contributed by atoms with E-state index in [0.717, 1.165) is 12.1 Å². The van der Waals surface area contributed by atoms with Crippen LogP contribution in [0.5, 0.6) is 0 Å². The number of nitriles is 2. The summed E-state index contributed by atoms with van der Waals surface area (Å²) in [6.07, 6.45) is 0.943. The van der Waals surface area contributed by atoms with E-state index in [1.165, 1.54) is 12.1 Å². The Kier molecular flexibility index (Phi) is 5.89. The molecule has 1 fully saturated rings. The van der Waals surface area contributed by atoms with E-state index in [-0.39, 0.29) is 23.9 Å². The number of morpholine rings is 1. The maximum Gasteiger partial charge on any atom is 0.123 e. The molecule has 0 aliphatic carbocycles. The summed E-state index contributed by atoms with van der Waals surface area (Å²) in [7, 11) is 0. The minimum atomic E-state index is -0.259. The van der Waals surface area contributed by atoms with Crippen LogP contribution in [0, 0.1) is 34.4 Å². The molecule has 116 valence electrons. The Hall–Kier alpha value is -1.95. The minimum absolute atomic E-state index is 0.0547. The molecule has 5 heteroatoms. The van der Waals surface area contributed by atoms with Gasteiger partial charge in [0.25, 0.3) is 0 Å². The van der Waals surface area contributed by atoms with Crippen molar-refractivity contribution in [1.82, 2.24) is 4.90 Å². The fourth-order valence-corrected chi connectivity index (χ4v) is 2.80. The third-order valence-electron chi connectivity index (χ3n) is 3.84. The van der Waals surface area contributed by atoms with Gasteiger partial charge in [-0.05, 0) is 31.0 Å². The van der Waals surface area contributed by atoms with Crippen LogP contribution in [0.4, 0.5) is 4.39 Å². The monoisotopic (exact) mass is 301 g/mol. The predicted octanol–water partition coefficient (Wildman–Crippen LogP) is 3.03. The van der Waals surface area contributed by atoms with Crippen LogP contribution in [0.3, 0.4) is 0 Å². The molecule has 3 atom stereocenters. The summed E-state index contributed by atoms with van der Waals surface area (Å²) in [5, 5.41) is 17.9. The van der Waals surface area contributed by atoms with Crippen molar-refractivity contribution in [3.63, 3.8) is 0 Å². The van der Waals surface area contributed by atoms with Gasteiger partial charge in [-0.2, -0.15) is 10.5 Å². The average Bonchev–Trinajstić information content (AvgIpc) is 2.51. The molecule has 1 heterocycles. The van der Waals surface area contributed by atoms with E-state index >= 15 is 0 Å². The zero-order valence-corrected chi connectivity index (χ0v) is 12.7. The van der Waals surface area contributed by atoms with E-state index in [1.807, 2.05) is 6.92 Å². The zero-order chi connectivity index (χ0) is 15.9. The Morgan fingerprint density at radius 1 is 1.32 bits per heavy atom. The smallest absolute Gasteiger partial charge is 0.123 e. The molecule has 0 spiro atoms. The Bertz CT molecular complexity index is 561. The zero-order valence-electron chi connectivity index (χ0n) is 12.7. The van der Waals surface area contributed by atoms with Crippen LogP contribution in [0.2, 0.25) is 0 Å². The third kappa shape index (κ3) is 4.53. The third-order valence-corrected chi connectivity index (χ3v) is 3.84. The molecule has 1 aliphatic heterocycles. The van der Waals surface area contributed by atoms with E-state index in [4.69, 9.17) is 10.00 Å². The van der Waals surface area contributed by atoms with Crippen molar-refractivity contribution in [3.05, 3.63) is 35.6 Å². The molecular formula is C17H20FN3O. The lowest BCUT2D eigenvalue weighted by atomic mass is 10.0. The first-order valence-corrected chi connectivity index (χ1v) is 7.52. The van der Waals surface area contributed by atoms with Crippen LogP contribution >= 0.6 is 0 Å². The number of benzene rings is 1. The number of rotatable bonds is 5. The van der Waals surface area contributed by atoms with Crippen LogP contribution in [0.1, 0.15) is 31.4 Å². The lowest BCUT2D eigenvalue weighted by Gasteiger charge is -2.37. The predicted molar refractivity (Wildman–Crippen MR) is 80.1 cm³/mol. The molecule has 0 aromatic heterocycles. The van der Waals surface area contributed by atoms with Crippen molar-refractivity contribution in [2.75, 3.05) is 19.6 Å². The number of hydrogen-bond donors (Lipinski definition) is 0. The minimum Gasteiger partial charge on any atom is -0.368 e. The lowest BCUT2D eigenvalue weighted by Crippen LogP contribution is -2.44. The first kappa shape index (κ1) is 16.4. The quantitative estimate of drug-likeness (QED) is 0.838. The molecular weight excluding hydrogens is 281 g/mol. The highest BCUT2D eigenvalue weighted by atomic mass is 19.1. The van der Waals surface area contributed by atoms with Crippen LogP contribution < -0.4 is 0 Å². The van der Waals surface area contributed by atoms with Crippen molar-refractivity contribution < 1.29 is 9.13 Å². The fourth-order valence-electron chi connectivity index (χ4n) is 2.80. The maximum absolute atomic E-state index is 13.0. The molecule has 0 bridgehead atoms. The Morgan fingerprint density at radius 2 is 2.05 bits per heavy atom. The summed E-state index contributed by atoms with van der Waals surface area (Å²) >= 11 is 0. The molecule has 0 unspecified atom stereocenters. The molecule has 0 N–H and O–H groups in total. The summed E-state index contributed by atoms with van der Waals surface area (Å²) in [6.45, 7) is 4.09. The van der Waals surface area contributed by atoms with Crippen molar-refractivity contribution in [2.45, 2.75) is 32.0 Å². The lowest BCUT2D eigenvalue weighted by molar-refractivity contribution is -0.0809. The van der Waals surface area contributed by atoms with Crippen LogP contribution in [-0.2, 0) is 4.74 Å². The molecule has 0 amide bonds. The maximum atomic E-state index is 13.0. The average molecular weight is 301 g/mol. The second kappa shape index (κ2) is 7.89. The molecule has 1 aromatic rings. The standard InChI is InChI=1S/C17H20FN3O/c1-13-10-21(11-14(9-20)3-2-8-19)12-17(22-13)15-4-6-16(18)7-5-15/h4-7,13-14,17H,2-3,10-12H2,1H3/t13-,14+,17-/m1/s1. The highest BCUT2D eigenvalue weighted by molar-refractivity contribution is 5.19. The highest BCUT2D eigenvalue weighted by Crippen LogP contribution is 2.26. The molecule has 2 rings (SSSR count). The van der Waals surface area contributed by atoms with Gasteiger partial charge in [-0.25, -0.2) is 4.39 Å². The summed E-state index contributed by atoms with van der Waals surface area (Å²) in [5.74, 6) is -0.399. The van der Waals surface area contributed by atoms with Crippen LogP contribution in [0.15, 0.2) is 24.3 Å². The van der Waals surface area contributed by atoms with Gasteiger partial charge in [-0.3, -0.25) is 4.90 Å². The van der Waals surface area contributed by atoms with Crippen molar-refractivity contribution in [2.24, 2.45) is 5.92 Å². The van der Waals surface area contributed by atoms with E-state index in [9.17, 15) is 9.65 Å². The van der Waals surface area contributed by atoms with Gasteiger partial charge in [-0.1, -0.05) is 12.1 Å². The summed E-state index contributed by atoms with van der Waals surface area (Å²) in [5.41, 5.74) is 0.948. The summed E-state index contributed by atoms with van der Waals surface area (Å²) in [4.78, 5) is 2.20. The highest BCUT2D eigenvalue weighted by Gasteiger charge is 2.27. The van der Waals surface area contributed by atoms with Gasteiger partial charge in [-0.15, -0.1) is 0 Å². The van der Waals surface area contributed by atoms with Gasteiger partial charge in [0.2, 0.25) is 0 Å². The summed E-state index contributed by atoms with van der Waals surface area (Å²) < 4.78 is 19.0. The first-order valence-electron chi connectivity index (χ1n) is 7.52. The van der Waals surface area contributed by atoms with Gasteiger partial charge in [0.05, 0.1) is 30.3 Å². The topological polar surface area (TPSA) is 60.0 Å². The normalized spacial score (nSPS) is 23.5. The molecule has 0 saturated carbocycles. The van der Waals surface area contributed by atoms with Crippen LogP contribution in [-0.4, -0.2) is 30.6 Å². The molecule has 1 aliphatic rings. The second-order valence-electron chi connectivity index (χ2n) is 5.73. The van der Waals surface area contributed by atoms with Gasteiger partial charge >= 0.3 is 0 Å². The van der Waals surface area contributed by atoms with Crippen LogP contribution in [0.25, 0.3) is 0 Å². The Labute approximate surface area is 130 Å². The number of hydrogen-bond acceptors (Lipinski definition) is 4. The van der Waals surface area contributed by atoms with Crippen molar-refractivity contribution in [3.8, 4) is 12.1 Å². The first-order chi connectivity index (χ1) is 10.6. The fraction of sp³-hybridized carbons (Fsp3) is 0.529. The number of ether oxygens (including phenoxy) is 1. The van der Waals surface area contributed by atoms with Gasteiger partial charge < -0.3 is 4.74 Å². The summed E-state index contributed by atoms with van der Waals surface area (Å²) in [6, 6.07) is 10.7. The van der Waals surface area contributed by atoms with Gasteiger partial charge in [0, 0.05) is 26.1 Å². The van der Waals surface area contributed by atoms with E-state index in [0.29, 0.717) is 25.9 Å². The van der Waals surface area contributed by atoms with E-state index < -0.39 is 0 Å². The Balaban J connectivity index is 2.00. The van der Waals surface area contributed by atoms with Gasteiger partial charge in [0.1, 0.15) is 5.82 Å². The SMILES string of the molecule is C[C@@H]1CN(C[C@H](C#N)CCC#N)C[C@H](c2ccc(F)cc2)O1. The molecule has 1 saturated heterocycles. The number of halogens is 1. The van der Waals surface area contributed by atoms with E-state index in [1.54, 1.807) is 12.1 Å². The molecule has 0 radical (unpaired) electrons. The molecule has 1 aromatic carbocycles. The largest absolute Gasteiger partial charge is 0.368 e. The van der Waals surface area contributed by atoms with Crippen molar-refractivity contribution >= 4 is 0 Å². The van der Waals surface area contributed by atoms with Gasteiger partial charge in [0.15, 0.2) is 0 Å². The molecule has 22 heavy (non-hydrogen) atoms. The van der Waals surface area contributed by atoms with E-state index in [2.05, 4.69) is 17.0 Å². The Morgan fingerprint density at radius 3 is 2.68 bits per heavy atom. The number of nitrogens with zero attached hydrogens (tertiary/aromatic N) is 3.